The summed E-state index contributed by atoms with van der Waals surface area (Å²) in [4.78, 5) is 11.7. The summed E-state index contributed by atoms with van der Waals surface area (Å²) in [6, 6.07) is 4.25. The van der Waals surface area contributed by atoms with E-state index in [0.717, 1.165) is 24.3 Å². The van der Waals surface area contributed by atoms with Crippen LogP contribution in [-0.2, 0) is 0 Å². The van der Waals surface area contributed by atoms with Crippen LogP contribution in [0.2, 0.25) is 5.02 Å². The number of carbonyl (C=O) groups is 1. The second-order valence-electron chi connectivity index (χ2n) is 3.80. The van der Waals surface area contributed by atoms with Gasteiger partial charge in [-0.3, -0.25) is 4.79 Å². The summed E-state index contributed by atoms with van der Waals surface area (Å²) in [6.45, 7) is 0. The fourth-order valence-corrected chi connectivity index (χ4v) is 1.76. The molecule has 0 unspecified atom stereocenters. The molecule has 0 aliphatic carbocycles. The summed E-state index contributed by atoms with van der Waals surface area (Å²) in [5.41, 5.74) is -1.13. The zero-order valence-electron chi connectivity index (χ0n) is 9.68. The van der Waals surface area contributed by atoms with Crippen molar-refractivity contribution < 1.29 is 22.4 Å². The first-order valence-electron chi connectivity index (χ1n) is 5.30. The van der Waals surface area contributed by atoms with E-state index in [-0.39, 0.29) is 0 Å². The number of halogens is 5. The maximum Gasteiger partial charge on any atom is 0.258 e. The van der Waals surface area contributed by atoms with Crippen molar-refractivity contribution >= 4 is 23.2 Å². The van der Waals surface area contributed by atoms with Gasteiger partial charge < -0.3 is 5.32 Å². The molecular weight excluding hydrogens is 298 g/mol. The first kappa shape index (κ1) is 14.3. The lowest BCUT2D eigenvalue weighted by atomic mass is 10.2. The van der Waals surface area contributed by atoms with E-state index in [1.54, 1.807) is 0 Å². The molecule has 1 amide bonds. The molecule has 2 nitrogen and oxygen atoms in total. The van der Waals surface area contributed by atoms with Gasteiger partial charge in [-0.05, 0) is 18.2 Å². The number of amides is 1. The minimum absolute atomic E-state index is 0.396. The van der Waals surface area contributed by atoms with Gasteiger partial charge in [0.15, 0.2) is 17.5 Å². The molecule has 0 heterocycles. The van der Waals surface area contributed by atoms with Gasteiger partial charge in [0, 0.05) is 6.07 Å². The molecule has 0 fully saturated rings. The Morgan fingerprint density at radius 2 is 1.75 bits per heavy atom. The number of benzene rings is 2. The molecule has 0 atom stereocenters. The zero-order valence-corrected chi connectivity index (χ0v) is 10.4. The molecule has 0 aliphatic heterocycles. The van der Waals surface area contributed by atoms with Gasteiger partial charge in [-0.1, -0.05) is 17.7 Å². The Labute approximate surface area is 116 Å². The standard InChI is InChI=1S/C13H6ClF4NO/c14-8-4-6(15)5-10(17)12(8)19-13(20)7-2-1-3-9(16)11(7)18/h1-5H,(H,19,20). The van der Waals surface area contributed by atoms with Crippen molar-refractivity contribution in [3.63, 3.8) is 0 Å². The van der Waals surface area contributed by atoms with Crippen LogP contribution in [0.4, 0.5) is 23.2 Å². The van der Waals surface area contributed by atoms with Crippen LogP contribution in [0.3, 0.4) is 0 Å². The molecular formula is C13H6ClF4NO. The summed E-state index contributed by atoms with van der Waals surface area (Å²) < 4.78 is 52.7. The van der Waals surface area contributed by atoms with Crippen molar-refractivity contribution in [3.8, 4) is 0 Å². The Kier molecular flexibility index (Phi) is 3.94. The van der Waals surface area contributed by atoms with Crippen molar-refractivity contribution in [1.82, 2.24) is 0 Å². The molecule has 0 aliphatic rings. The Balaban J connectivity index is 2.36. The summed E-state index contributed by atoms with van der Waals surface area (Å²) in [5.74, 6) is -5.75. The third-order valence-electron chi connectivity index (χ3n) is 2.44. The van der Waals surface area contributed by atoms with Crippen LogP contribution in [-0.4, -0.2) is 5.91 Å². The number of hydrogen-bond donors (Lipinski definition) is 1. The monoisotopic (exact) mass is 303 g/mol. The Morgan fingerprint density at radius 3 is 2.40 bits per heavy atom. The normalized spacial score (nSPS) is 10.4. The minimum Gasteiger partial charge on any atom is -0.318 e. The van der Waals surface area contributed by atoms with Crippen LogP contribution in [0.15, 0.2) is 30.3 Å². The van der Waals surface area contributed by atoms with Crippen LogP contribution in [0.5, 0.6) is 0 Å². The molecule has 2 aromatic carbocycles. The zero-order chi connectivity index (χ0) is 14.9. The van der Waals surface area contributed by atoms with E-state index in [0.29, 0.717) is 6.07 Å². The van der Waals surface area contributed by atoms with Crippen molar-refractivity contribution in [2.75, 3.05) is 5.32 Å². The number of carbonyl (C=O) groups excluding carboxylic acids is 1. The highest BCUT2D eigenvalue weighted by molar-refractivity contribution is 6.34. The smallest absolute Gasteiger partial charge is 0.258 e. The minimum atomic E-state index is -1.37. The summed E-state index contributed by atoms with van der Waals surface area (Å²) in [5, 5.41) is 1.58. The average molecular weight is 304 g/mol. The van der Waals surface area contributed by atoms with Crippen molar-refractivity contribution in [3.05, 3.63) is 64.2 Å². The van der Waals surface area contributed by atoms with Gasteiger partial charge in [0.1, 0.15) is 5.82 Å². The number of nitrogens with one attached hydrogen (secondary N) is 1. The molecule has 0 bridgehead atoms. The third-order valence-corrected chi connectivity index (χ3v) is 2.74. The fourth-order valence-electron chi connectivity index (χ4n) is 1.52. The van der Waals surface area contributed by atoms with E-state index in [9.17, 15) is 22.4 Å². The SMILES string of the molecule is O=C(Nc1c(F)cc(F)cc1Cl)c1cccc(F)c1F. The highest BCUT2D eigenvalue weighted by atomic mass is 35.5. The summed E-state index contributed by atoms with van der Waals surface area (Å²) >= 11 is 5.57. The van der Waals surface area contributed by atoms with E-state index in [1.165, 1.54) is 0 Å². The van der Waals surface area contributed by atoms with Crippen LogP contribution in [0.25, 0.3) is 0 Å². The molecule has 1 N–H and O–H groups in total. The Hall–Kier alpha value is -2.08. The maximum atomic E-state index is 13.5. The number of rotatable bonds is 2. The van der Waals surface area contributed by atoms with Crippen LogP contribution in [0, 0.1) is 23.3 Å². The van der Waals surface area contributed by atoms with Gasteiger partial charge in [0.2, 0.25) is 0 Å². The third kappa shape index (κ3) is 2.75. The first-order chi connectivity index (χ1) is 9.40. The van der Waals surface area contributed by atoms with Gasteiger partial charge in [-0.25, -0.2) is 17.6 Å². The van der Waals surface area contributed by atoms with Gasteiger partial charge in [-0.2, -0.15) is 0 Å². The molecule has 104 valence electrons. The van der Waals surface area contributed by atoms with Crippen LogP contribution >= 0.6 is 11.6 Å². The van der Waals surface area contributed by atoms with E-state index in [4.69, 9.17) is 11.6 Å². The van der Waals surface area contributed by atoms with Gasteiger partial charge in [0.05, 0.1) is 16.3 Å². The van der Waals surface area contributed by atoms with Gasteiger partial charge in [-0.15, -0.1) is 0 Å². The lowest BCUT2D eigenvalue weighted by molar-refractivity contribution is 0.102. The quantitative estimate of drug-likeness (QED) is 0.830. The Bertz CT molecular complexity index is 667. The molecule has 0 spiro atoms. The molecule has 20 heavy (non-hydrogen) atoms. The number of anilines is 1. The molecule has 0 radical (unpaired) electrons. The van der Waals surface area contributed by atoms with E-state index in [2.05, 4.69) is 0 Å². The maximum absolute atomic E-state index is 13.5. The molecule has 0 saturated carbocycles. The molecule has 2 rings (SSSR count). The highest BCUT2D eigenvalue weighted by Gasteiger charge is 2.18. The topological polar surface area (TPSA) is 29.1 Å². The Morgan fingerprint density at radius 1 is 1.05 bits per heavy atom. The molecule has 7 heteroatoms. The highest BCUT2D eigenvalue weighted by Crippen LogP contribution is 2.27. The predicted octanol–water partition coefficient (Wildman–Crippen LogP) is 4.15. The number of hydrogen-bond acceptors (Lipinski definition) is 1. The van der Waals surface area contributed by atoms with Gasteiger partial charge >= 0.3 is 0 Å². The van der Waals surface area contributed by atoms with Crippen molar-refractivity contribution in [2.24, 2.45) is 0 Å². The van der Waals surface area contributed by atoms with Crippen molar-refractivity contribution in [2.45, 2.75) is 0 Å². The predicted molar refractivity (Wildman–Crippen MR) is 65.7 cm³/mol. The second kappa shape index (κ2) is 5.50. The van der Waals surface area contributed by atoms with E-state index >= 15 is 0 Å². The lowest BCUT2D eigenvalue weighted by Crippen LogP contribution is -2.16. The first-order valence-corrected chi connectivity index (χ1v) is 5.68. The van der Waals surface area contributed by atoms with Gasteiger partial charge in [0.25, 0.3) is 5.91 Å². The molecule has 0 saturated heterocycles. The van der Waals surface area contributed by atoms with E-state index in [1.807, 2.05) is 5.32 Å². The molecule has 2 aromatic rings. The van der Waals surface area contributed by atoms with Crippen LogP contribution in [0.1, 0.15) is 10.4 Å². The lowest BCUT2D eigenvalue weighted by Gasteiger charge is -2.09. The average Bonchev–Trinajstić information content (AvgIpc) is 2.36. The second-order valence-corrected chi connectivity index (χ2v) is 4.21. The van der Waals surface area contributed by atoms with Crippen LogP contribution < -0.4 is 5.32 Å². The summed E-state index contributed by atoms with van der Waals surface area (Å²) in [6.07, 6.45) is 0. The fraction of sp³-hybridized carbons (Fsp3) is 0. The van der Waals surface area contributed by atoms with Crippen molar-refractivity contribution in [1.29, 1.82) is 0 Å². The largest absolute Gasteiger partial charge is 0.318 e. The van der Waals surface area contributed by atoms with E-state index < -0.39 is 45.4 Å². The summed E-state index contributed by atoms with van der Waals surface area (Å²) in [7, 11) is 0. The molecule has 0 aromatic heterocycles.